The van der Waals surface area contributed by atoms with Crippen LogP contribution >= 0.6 is 0 Å². The predicted molar refractivity (Wildman–Crippen MR) is 68.0 cm³/mol. The Labute approximate surface area is 108 Å². The molecule has 2 unspecified atom stereocenters. The maximum Gasteiger partial charge on any atom is 0.213 e. The quantitative estimate of drug-likeness (QED) is 0.859. The Bertz CT molecular complexity index is 353. The van der Waals surface area contributed by atoms with Gasteiger partial charge in [-0.3, -0.25) is 4.90 Å². The van der Waals surface area contributed by atoms with E-state index in [1.165, 1.54) is 38.5 Å². The molecule has 0 aliphatic carbocycles. The highest BCUT2D eigenvalue weighted by Gasteiger charge is 2.40. The third-order valence-electron chi connectivity index (χ3n) is 4.30. The zero-order chi connectivity index (χ0) is 12.4. The van der Waals surface area contributed by atoms with Gasteiger partial charge >= 0.3 is 0 Å². The molecular weight excluding hydrogens is 228 g/mol. The lowest BCUT2D eigenvalue weighted by molar-refractivity contribution is 0.105. The van der Waals surface area contributed by atoms with E-state index in [0.29, 0.717) is 18.1 Å². The Hall–Kier alpha value is -0.940. The Morgan fingerprint density at radius 2 is 2.17 bits per heavy atom. The smallest absolute Gasteiger partial charge is 0.213 e. The number of rotatable bonds is 5. The average Bonchev–Trinajstić information content (AvgIpc) is 2.95. The van der Waals surface area contributed by atoms with Crippen LogP contribution in [0.3, 0.4) is 0 Å². The zero-order valence-electron chi connectivity index (χ0n) is 11.0. The molecule has 3 heterocycles. The molecule has 2 fully saturated rings. The van der Waals surface area contributed by atoms with Crippen molar-refractivity contribution in [1.82, 2.24) is 20.4 Å². The van der Waals surface area contributed by atoms with Gasteiger partial charge in [0.2, 0.25) is 6.39 Å². The molecule has 5 nitrogen and oxygen atoms in total. The van der Waals surface area contributed by atoms with Crippen LogP contribution in [-0.4, -0.2) is 39.7 Å². The van der Waals surface area contributed by atoms with Gasteiger partial charge < -0.3 is 9.84 Å². The Morgan fingerprint density at radius 1 is 1.39 bits per heavy atom. The number of aromatic nitrogens is 2. The molecule has 18 heavy (non-hydrogen) atoms. The second kappa shape index (κ2) is 5.36. The van der Waals surface area contributed by atoms with Gasteiger partial charge in [0.05, 0.1) is 6.54 Å². The zero-order valence-corrected chi connectivity index (χ0v) is 11.0. The first-order chi connectivity index (χ1) is 8.86. The number of piperidine rings is 1. The summed E-state index contributed by atoms with van der Waals surface area (Å²) >= 11 is 0. The molecule has 2 saturated heterocycles. The molecule has 0 aromatic carbocycles. The van der Waals surface area contributed by atoms with Crippen LogP contribution < -0.4 is 5.32 Å². The van der Waals surface area contributed by atoms with Gasteiger partial charge in [-0.05, 0) is 38.6 Å². The van der Waals surface area contributed by atoms with Crippen LogP contribution in [0, 0.1) is 0 Å². The summed E-state index contributed by atoms with van der Waals surface area (Å²) in [4.78, 5) is 6.72. The minimum Gasteiger partial charge on any atom is -0.343 e. The fourth-order valence-corrected chi connectivity index (χ4v) is 3.47. The van der Waals surface area contributed by atoms with E-state index in [2.05, 4.69) is 27.3 Å². The van der Waals surface area contributed by atoms with Crippen molar-refractivity contribution in [2.24, 2.45) is 0 Å². The minimum absolute atomic E-state index is 0.705. The van der Waals surface area contributed by atoms with Crippen LogP contribution in [0.1, 0.15) is 44.9 Å². The van der Waals surface area contributed by atoms with Crippen LogP contribution in [0.2, 0.25) is 0 Å². The van der Waals surface area contributed by atoms with Crippen LogP contribution in [0.5, 0.6) is 0 Å². The summed E-state index contributed by atoms with van der Waals surface area (Å²) < 4.78 is 4.82. The fourth-order valence-electron chi connectivity index (χ4n) is 3.47. The van der Waals surface area contributed by atoms with Gasteiger partial charge in [0.1, 0.15) is 0 Å². The summed E-state index contributed by atoms with van der Waals surface area (Å²) in [5.74, 6) is 0.826. The third-order valence-corrected chi connectivity index (χ3v) is 4.30. The van der Waals surface area contributed by atoms with E-state index in [1.807, 2.05) is 0 Å². The maximum atomic E-state index is 4.82. The lowest BCUT2D eigenvalue weighted by Gasteiger charge is -2.38. The molecule has 0 radical (unpaired) electrons. The molecule has 2 atom stereocenters. The molecule has 1 N–H and O–H groups in total. The summed E-state index contributed by atoms with van der Waals surface area (Å²) in [5, 5.41) is 7.61. The first-order valence-corrected chi connectivity index (χ1v) is 7.11. The molecule has 5 heteroatoms. The topological polar surface area (TPSA) is 54.2 Å². The highest BCUT2D eigenvalue weighted by molar-refractivity contribution is 4.99. The first-order valence-electron chi connectivity index (χ1n) is 7.11. The summed E-state index contributed by atoms with van der Waals surface area (Å²) in [6.07, 6.45) is 7.84. The van der Waals surface area contributed by atoms with Crippen molar-refractivity contribution in [2.45, 2.75) is 63.7 Å². The van der Waals surface area contributed by atoms with Gasteiger partial charge in [-0.15, -0.1) is 0 Å². The molecule has 0 saturated carbocycles. The van der Waals surface area contributed by atoms with E-state index in [1.54, 1.807) is 0 Å². The second-order valence-electron chi connectivity index (χ2n) is 5.53. The van der Waals surface area contributed by atoms with Gasteiger partial charge in [0, 0.05) is 18.1 Å². The van der Waals surface area contributed by atoms with Crippen molar-refractivity contribution in [3.63, 3.8) is 0 Å². The fraction of sp³-hybridized carbons (Fsp3) is 0.846. The number of nitrogens with zero attached hydrogens (tertiary/aromatic N) is 3. The Kier molecular flexibility index (Phi) is 3.61. The molecule has 0 spiro atoms. The highest BCUT2D eigenvalue weighted by atomic mass is 16.5. The highest BCUT2D eigenvalue weighted by Crippen LogP contribution is 2.36. The molecule has 1 aromatic heterocycles. The number of hydrogen-bond donors (Lipinski definition) is 1. The van der Waals surface area contributed by atoms with Crippen molar-refractivity contribution in [3.05, 3.63) is 12.2 Å². The lowest BCUT2D eigenvalue weighted by atomic mass is 9.97. The monoisotopic (exact) mass is 250 g/mol. The van der Waals surface area contributed by atoms with E-state index in [-0.39, 0.29) is 0 Å². The van der Waals surface area contributed by atoms with Gasteiger partial charge in [0.25, 0.3) is 0 Å². The molecular formula is C13H22N4O. The number of fused-ring (bicyclic) bond motifs is 2. The summed E-state index contributed by atoms with van der Waals surface area (Å²) in [5.41, 5.74) is 0. The number of nitrogens with one attached hydrogen (secondary N) is 1. The van der Waals surface area contributed by atoms with Crippen LogP contribution in [0.4, 0.5) is 0 Å². The van der Waals surface area contributed by atoms with Crippen LogP contribution in [0.25, 0.3) is 0 Å². The molecule has 0 amide bonds. The molecule has 2 aliphatic rings. The van der Waals surface area contributed by atoms with Gasteiger partial charge in [0.15, 0.2) is 5.82 Å². The summed E-state index contributed by atoms with van der Waals surface area (Å²) in [7, 11) is 0. The second-order valence-corrected chi connectivity index (χ2v) is 5.53. The van der Waals surface area contributed by atoms with Crippen LogP contribution in [-0.2, 0) is 6.54 Å². The van der Waals surface area contributed by atoms with Crippen molar-refractivity contribution in [1.29, 1.82) is 0 Å². The van der Waals surface area contributed by atoms with E-state index >= 15 is 0 Å². The molecule has 2 aliphatic heterocycles. The predicted octanol–water partition coefficient (Wildman–Crippen LogP) is 1.56. The molecule has 100 valence electrons. The Balaban J connectivity index is 1.59. The van der Waals surface area contributed by atoms with Crippen molar-refractivity contribution in [3.8, 4) is 0 Å². The van der Waals surface area contributed by atoms with E-state index in [4.69, 9.17) is 4.52 Å². The van der Waals surface area contributed by atoms with Crippen molar-refractivity contribution < 1.29 is 4.52 Å². The van der Waals surface area contributed by atoms with Crippen molar-refractivity contribution in [2.75, 3.05) is 6.54 Å². The van der Waals surface area contributed by atoms with Gasteiger partial charge in [-0.25, -0.2) is 0 Å². The van der Waals surface area contributed by atoms with Gasteiger partial charge in [-0.2, -0.15) is 4.98 Å². The number of hydrogen-bond acceptors (Lipinski definition) is 5. The molecule has 1 aromatic rings. The molecule has 3 rings (SSSR count). The Morgan fingerprint density at radius 3 is 2.78 bits per heavy atom. The largest absolute Gasteiger partial charge is 0.343 e. The average molecular weight is 250 g/mol. The van der Waals surface area contributed by atoms with Crippen molar-refractivity contribution >= 4 is 0 Å². The van der Waals surface area contributed by atoms with Crippen LogP contribution in [0.15, 0.2) is 10.9 Å². The third kappa shape index (κ3) is 2.42. The lowest BCUT2D eigenvalue weighted by Crippen LogP contribution is -2.48. The molecule has 2 bridgehead atoms. The standard InChI is InChI=1S/C13H22N4O/c1-2-5-14-10-6-11-3-4-12(7-10)17(11)8-13-15-9-18-16-13/h9-12,14H,2-8H2,1H3. The SMILES string of the molecule is CCCNC1CC2CCC(C1)N2Cc1ncon1. The summed E-state index contributed by atoms with van der Waals surface area (Å²) in [6.45, 7) is 4.23. The first kappa shape index (κ1) is 12.1. The van der Waals surface area contributed by atoms with Gasteiger partial charge in [-0.1, -0.05) is 12.1 Å². The van der Waals surface area contributed by atoms with E-state index < -0.39 is 0 Å². The summed E-state index contributed by atoms with van der Waals surface area (Å²) in [6, 6.07) is 2.12. The minimum atomic E-state index is 0.705. The maximum absolute atomic E-state index is 4.82. The van der Waals surface area contributed by atoms with E-state index in [9.17, 15) is 0 Å². The van der Waals surface area contributed by atoms with E-state index in [0.717, 1.165) is 18.9 Å². The normalized spacial score (nSPS) is 31.9.